The quantitative estimate of drug-likeness (QED) is 0.776. The molecule has 0 bridgehead atoms. The second-order valence-corrected chi connectivity index (χ2v) is 6.16. The number of hydrogen-bond acceptors (Lipinski definition) is 4. The lowest BCUT2D eigenvalue weighted by atomic mass is 10.2. The fourth-order valence-electron chi connectivity index (χ4n) is 2.28. The van der Waals surface area contributed by atoms with Gasteiger partial charge in [0.1, 0.15) is 11.6 Å². The number of nitrogens with zero attached hydrogens (tertiary/aromatic N) is 2. The van der Waals surface area contributed by atoms with Crippen LogP contribution in [0.4, 0.5) is 5.82 Å². The summed E-state index contributed by atoms with van der Waals surface area (Å²) in [6.45, 7) is 2.64. The molecule has 1 aromatic carbocycles. The van der Waals surface area contributed by atoms with Gasteiger partial charge in [0.05, 0.1) is 15.9 Å². The first-order valence-corrected chi connectivity index (χ1v) is 8.29. The third-order valence-electron chi connectivity index (χ3n) is 3.48. The number of anilines is 1. The lowest BCUT2D eigenvalue weighted by molar-refractivity contribution is 0.340. The van der Waals surface area contributed by atoms with Crippen molar-refractivity contribution in [1.82, 2.24) is 9.97 Å². The summed E-state index contributed by atoms with van der Waals surface area (Å²) in [5.41, 5.74) is 2.17. The molecular formula is C16H18IN3O. The Kier molecular flexibility index (Phi) is 4.28. The van der Waals surface area contributed by atoms with Gasteiger partial charge in [-0.1, -0.05) is 12.1 Å². The largest absolute Gasteiger partial charge is 0.494 e. The molecule has 0 aliphatic heterocycles. The van der Waals surface area contributed by atoms with Crippen molar-refractivity contribution in [1.29, 1.82) is 0 Å². The minimum atomic E-state index is 0.598. The highest BCUT2D eigenvalue weighted by atomic mass is 127. The van der Waals surface area contributed by atoms with E-state index in [9.17, 15) is 0 Å². The Morgan fingerprint density at radius 2 is 2.14 bits per heavy atom. The first-order valence-electron chi connectivity index (χ1n) is 7.21. The second-order valence-electron chi connectivity index (χ2n) is 5.08. The van der Waals surface area contributed by atoms with Crippen LogP contribution >= 0.6 is 22.6 Å². The second kappa shape index (κ2) is 6.17. The Morgan fingerprint density at radius 3 is 2.81 bits per heavy atom. The first kappa shape index (κ1) is 14.6. The molecule has 2 aromatic rings. The molecule has 0 unspecified atom stereocenters. The number of ether oxygens (including phenoxy) is 1. The number of nitrogens with one attached hydrogen (secondary N) is 1. The van der Waals surface area contributed by atoms with Gasteiger partial charge in [-0.05, 0) is 54.5 Å². The molecular weight excluding hydrogens is 377 g/mol. The first-order chi connectivity index (χ1) is 10.2. The Bertz CT molecular complexity index is 656. The van der Waals surface area contributed by atoms with Crippen molar-refractivity contribution < 1.29 is 4.74 Å². The van der Waals surface area contributed by atoms with E-state index in [2.05, 4.69) is 32.9 Å². The maximum absolute atomic E-state index is 5.57. The van der Waals surface area contributed by atoms with Crippen LogP contribution in [-0.2, 0) is 0 Å². The van der Waals surface area contributed by atoms with Gasteiger partial charge in [-0.25, -0.2) is 9.97 Å². The van der Waals surface area contributed by atoms with Crippen LogP contribution in [0.5, 0.6) is 5.75 Å². The lowest BCUT2D eigenvalue weighted by Gasteiger charge is -2.11. The van der Waals surface area contributed by atoms with Gasteiger partial charge in [0, 0.05) is 18.5 Å². The summed E-state index contributed by atoms with van der Waals surface area (Å²) in [5.74, 6) is 3.13. The maximum atomic E-state index is 5.57. The van der Waals surface area contributed by atoms with Crippen molar-refractivity contribution in [2.45, 2.75) is 25.7 Å². The molecule has 5 heteroatoms. The zero-order chi connectivity index (χ0) is 14.8. The average molecular weight is 395 g/mol. The van der Waals surface area contributed by atoms with Crippen LogP contribution in [0.15, 0.2) is 24.3 Å². The fraction of sp³-hybridized carbons (Fsp3) is 0.375. The summed E-state index contributed by atoms with van der Waals surface area (Å²) in [6.07, 6.45) is 2.46. The molecule has 0 spiro atoms. The smallest absolute Gasteiger partial charge is 0.161 e. The van der Waals surface area contributed by atoms with Crippen LogP contribution in [0.25, 0.3) is 11.4 Å². The molecule has 1 fully saturated rings. The number of rotatable bonds is 5. The maximum Gasteiger partial charge on any atom is 0.161 e. The van der Waals surface area contributed by atoms with E-state index in [0.29, 0.717) is 12.5 Å². The summed E-state index contributed by atoms with van der Waals surface area (Å²) in [7, 11) is 1.90. The van der Waals surface area contributed by atoms with E-state index in [0.717, 1.165) is 26.5 Å². The molecule has 1 aromatic heterocycles. The van der Waals surface area contributed by atoms with E-state index in [1.54, 1.807) is 0 Å². The van der Waals surface area contributed by atoms with Gasteiger partial charge in [0.2, 0.25) is 0 Å². The van der Waals surface area contributed by atoms with Gasteiger partial charge >= 0.3 is 0 Å². The van der Waals surface area contributed by atoms with Crippen LogP contribution in [0.2, 0.25) is 0 Å². The predicted octanol–water partition coefficient (Wildman–Crippen LogP) is 4.07. The van der Waals surface area contributed by atoms with Crippen LogP contribution in [0.1, 0.15) is 31.4 Å². The number of aromatic nitrogens is 2. The van der Waals surface area contributed by atoms with Crippen molar-refractivity contribution in [3.63, 3.8) is 0 Å². The van der Waals surface area contributed by atoms with E-state index in [4.69, 9.17) is 9.72 Å². The summed E-state index contributed by atoms with van der Waals surface area (Å²) in [4.78, 5) is 9.45. The summed E-state index contributed by atoms with van der Waals surface area (Å²) in [5, 5.41) is 3.18. The predicted molar refractivity (Wildman–Crippen MR) is 92.9 cm³/mol. The molecule has 21 heavy (non-hydrogen) atoms. The highest BCUT2D eigenvalue weighted by Crippen LogP contribution is 2.43. The van der Waals surface area contributed by atoms with Crippen LogP contribution < -0.4 is 10.1 Å². The van der Waals surface area contributed by atoms with Gasteiger partial charge in [-0.3, -0.25) is 0 Å². The lowest BCUT2D eigenvalue weighted by Crippen LogP contribution is -2.04. The molecule has 1 saturated carbocycles. The zero-order valence-corrected chi connectivity index (χ0v) is 14.3. The van der Waals surface area contributed by atoms with Gasteiger partial charge in [-0.2, -0.15) is 0 Å². The minimum absolute atomic E-state index is 0.598. The van der Waals surface area contributed by atoms with E-state index in [1.807, 2.05) is 38.2 Å². The van der Waals surface area contributed by atoms with E-state index in [-0.39, 0.29) is 0 Å². The third-order valence-corrected chi connectivity index (χ3v) is 4.54. The Morgan fingerprint density at radius 1 is 1.33 bits per heavy atom. The van der Waals surface area contributed by atoms with E-state index < -0.39 is 0 Å². The monoisotopic (exact) mass is 395 g/mol. The molecule has 110 valence electrons. The zero-order valence-electron chi connectivity index (χ0n) is 12.2. The molecule has 0 radical (unpaired) electrons. The van der Waals surface area contributed by atoms with Crippen molar-refractivity contribution in [2.24, 2.45) is 0 Å². The highest BCUT2D eigenvalue weighted by Gasteiger charge is 2.29. The van der Waals surface area contributed by atoms with Crippen molar-refractivity contribution in [3.05, 3.63) is 33.5 Å². The van der Waals surface area contributed by atoms with E-state index in [1.165, 1.54) is 18.5 Å². The number of benzene rings is 1. The molecule has 0 atom stereocenters. The molecule has 1 heterocycles. The Labute approximate surface area is 138 Å². The molecule has 0 amide bonds. The van der Waals surface area contributed by atoms with Crippen LogP contribution in [0, 0.1) is 3.57 Å². The molecule has 1 aliphatic rings. The topological polar surface area (TPSA) is 47.0 Å². The normalized spacial score (nSPS) is 14.0. The number of halogens is 1. The molecule has 4 nitrogen and oxygen atoms in total. The van der Waals surface area contributed by atoms with Gasteiger partial charge in [-0.15, -0.1) is 0 Å². The van der Waals surface area contributed by atoms with Crippen LogP contribution in [0.3, 0.4) is 0 Å². The number of hydrogen-bond donors (Lipinski definition) is 1. The highest BCUT2D eigenvalue weighted by molar-refractivity contribution is 14.1. The SMILES string of the molecule is CCOc1cccc(-c2nc(NC)c(I)c(C3CC3)n2)c1. The standard InChI is InChI=1S/C16H18IN3O/c1-3-21-12-6-4-5-11(9-12)15-19-14(10-7-8-10)13(17)16(18-2)20-15/h4-6,9-10H,3,7-8H2,1-2H3,(H,18,19,20). The average Bonchev–Trinajstić information content (AvgIpc) is 3.33. The molecule has 1 aliphatic carbocycles. The summed E-state index contributed by atoms with van der Waals surface area (Å²) < 4.78 is 6.71. The van der Waals surface area contributed by atoms with Gasteiger partial charge in [0.15, 0.2) is 5.82 Å². The van der Waals surface area contributed by atoms with Crippen molar-refractivity contribution >= 4 is 28.4 Å². The minimum Gasteiger partial charge on any atom is -0.494 e. The summed E-state index contributed by atoms with van der Waals surface area (Å²) in [6, 6.07) is 7.97. The van der Waals surface area contributed by atoms with Crippen LogP contribution in [-0.4, -0.2) is 23.6 Å². The van der Waals surface area contributed by atoms with Crippen molar-refractivity contribution in [2.75, 3.05) is 19.0 Å². The van der Waals surface area contributed by atoms with E-state index >= 15 is 0 Å². The fourth-order valence-corrected chi connectivity index (χ4v) is 3.23. The summed E-state index contributed by atoms with van der Waals surface area (Å²) >= 11 is 2.34. The van der Waals surface area contributed by atoms with Crippen molar-refractivity contribution in [3.8, 4) is 17.1 Å². The Hall–Kier alpha value is -1.37. The Balaban J connectivity index is 2.05. The van der Waals surface area contributed by atoms with Gasteiger partial charge < -0.3 is 10.1 Å². The third kappa shape index (κ3) is 3.12. The molecule has 0 saturated heterocycles. The molecule has 3 rings (SSSR count). The molecule has 1 N–H and O–H groups in total. The van der Waals surface area contributed by atoms with Gasteiger partial charge in [0.25, 0.3) is 0 Å².